The molecule has 0 aromatic heterocycles. The van der Waals surface area contributed by atoms with Gasteiger partial charge in [-0.05, 0) is 31.0 Å². The molecule has 174 valence electrons. The van der Waals surface area contributed by atoms with Crippen molar-refractivity contribution in [1.29, 1.82) is 0 Å². The topological polar surface area (TPSA) is 9.23 Å². The van der Waals surface area contributed by atoms with E-state index in [1.54, 1.807) is 0 Å². The monoisotopic (exact) mass is 416 g/mol. The van der Waals surface area contributed by atoms with E-state index in [0.717, 1.165) is 12.4 Å². The second-order valence-electron chi connectivity index (χ2n) is 9.38. The number of rotatable bonds is 22. The van der Waals surface area contributed by atoms with E-state index in [4.69, 9.17) is 4.74 Å². The first-order valence-corrected chi connectivity index (χ1v) is 13.5. The van der Waals surface area contributed by atoms with Gasteiger partial charge in [0.15, 0.2) is 0 Å². The first-order chi connectivity index (χ1) is 14.8. The Bertz CT molecular complexity index is 467. The Morgan fingerprint density at radius 3 is 1.33 bits per heavy atom. The molecule has 0 bridgehead atoms. The molecular weight excluding hydrogens is 364 g/mol. The lowest BCUT2D eigenvalue weighted by Crippen LogP contribution is -1.97. The van der Waals surface area contributed by atoms with Gasteiger partial charge in [0.05, 0.1) is 6.61 Å². The Hall–Kier alpha value is -0.980. The van der Waals surface area contributed by atoms with Gasteiger partial charge in [-0.3, -0.25) is 0 Å². The number of hydrogen-bond donors (Lipinski definition) is 0. The summed E-state index contributed by atoms with van der Waals surface area (Å²) < 4.78 is 5.82. The second kappa shape index (κ2) is 21.3. The number of ether oxygens (including phenoxy) is 1. The molecule has 0 radical (unpaired) electrons. The summed E-state index contributed by atoms with van der Waals surface area (Å²) in [6.45, 7) is 5.28. The minimum atomic E-state index is 0.864. The van der Waals surface area contributed by atoms with Crippen LogP contribution in [0.2, 0.25) is 0 Å². The Labute approximate surface area is 189 Å². The molecule has 0 saturated carbocycles. The van der Waals surface area contributed by atoms with Gasteiger partial charge in [0, 0.05) is 0 Å². The molecule has 0 aliphatic heterocycles. The normalized spacial score (nSPS) is 11.1. The molecular formula is C29H52O. The Balaban J connectivity index is 1.69. The zero-order valence-electron chi connectivity index (χ0n) is 20.6. The minimum Gasteiger partial charge on any atom is -0.494 e. The Kier molecular flexibility index (Phi) is 19.2. The molecule has 1 nitrogen and oxygen atoms in total. The van der Waals surface area contributed by atoms with E-state index in [0.29, 0.717) is 0 Å². The van der Waals surface area contributed by atoms with Crippen molar-refractivity contribution in [2.24, 2.45) is 0 Å². The van der Waals surface area contributed by atoms with Crippen LogP contribution in [-0.4, -0.2) is 6.61 Å². The van der Waals surface area contributed by atoms with E-state index in [1.165, 1.54) is 134 Å². The highest BCUT2D eigenvalue weighted by Crippen LogP contribution is 2.16. The van der Waals surface area contributed by atoms with Gasteiger partial charge in [0.25, 0.3) is 0 Å². The SMILES string of the molecule is CCCCCCCCCCCCCCCCCCCCCCOc1cccc(C)c1. The summed E-state index contributed by atoms with van der Waals surface area (Å²) in [5, 5.41) is 0. The lowest BCUT2D eigenvalue weighted by Gasteiger charge is -2.07. The Morgan fingerprint density at radius 1 is 0.533 bits per heavy atom. The lowest BCUT2D eigenvalue weighted by molar-refractivity contribution is 0.304. The van der Waals surface area contributed by atoms with Crippen LogP contribution in [-0.2, 0) is 0 Å². The summed E-state index contributed by atoms with van der Waals surface area (Å²) in [7, 11) is 0. The summed E-state index contributed by atoms with van der Waals surface area (Å²) in [4.78, 5) is 0. The van der Waals surface area contributed by atoms with E-state index >= 15 is 0 Å². The molecule has 0 fully saturated rings. The maximum absolute atomic E-state index is 5.82. The van der Waals surface area contributed by atoms with Crippen molar-refractivity contribution < 1.29 is 4.74 Å². The summed E-state index contributed by atoms with van der Waals surface area (Å²) in [5.41, 5.74) is 1.27. The van der Waals surface area contributed by atoms with Crippen LogP contribution >= 0.6 is 0 Å². The number of hydrogen-bond acceptors (Lipinski definition) is 1. The summed E-state index contributed by atoms with van der Waals surface area (Å²) >= 11 is 0. The van der Waals surface area contributed by atoms with Crippen molar-refractivity contribution in [3.63, 3.8) is 0 Å². The number of unbranched alkanes of at least 4 members (excludes halogenated alkanes) is 19. The van der Waals surface area contributed by atoms with Crippen molar-refractivity contribution in [3.8, 4) is 5.75 Å². The summed E-state index contributed by atoms with van der Waals surface area (Å²) in [6, 6.07) is 8.37. The molecule has 0 heterocycles. The van der Waals surface area contributed by atoms with Crippen LogP contribution in [0.3, 0.4) is 0 Å². The van der Waals surface area contributed by atoms with Gasteiger partial charge in [-0.25, -0.2) is 0 Å². The maximum atomic E-state index is 5.82. The fourth-order valence-corrected chi connectivity index (χ4v) is 4.25. The summed E-state index contributed by atoms with van der Waals surface area (Å²) in [6.07, 6.45) is 28.6. The fraction of sp³-hybridized carbons (Fsp3) is 0.793. The zero-order valence-corrected chi connectivity index (χ0v) is 20.6. The highest BCUT2D eigenvalue weighted by Gasteiger charge is 1.97. The van der Waals surface area contributed by atoms with Crippen molar-refractivity contribution in [2.45, 2.75) is 142 Å². The quantitative estimate of drug-likeness (QED) is 0.171. The molecule has 0 spiro atoms. The van der Waals surface area contributed by atoms with E-state index in [1.807, 2.05) is 0 Å². The van der Waals surface area contributed by atoms with Gasteiger partial charge in [0.1, 0.15) is 5.75 Å². The molecule has 0 unspecified atom stereocenters. The average Bonchev–Trinajstić information content (AvgIpc) is 2.75. The largest absolute Gasteiger partial charge is 0.494 e. The van der Waals surface area contributed by atoms with Crippen molar-refractivity contribution in [2.75, 3.05) is 6.61 Å². The standard InChI is InChI=1S/C29H52O/c1-3-4-5-6-7-8-9-10-11-12-13-14-15-16-17-18-19-20-21-22-26-30-29-25-23-24-28(2)27-29/h23-25,27H,3-22,26H2,1-2H3. The number of aryl methyl sites for hydroxylation is 1. The fourth-order valence-electron chi connectivity index (χ4n) is 4.25. The van der Waals surface area contributed by atoms with Gasteiger partial charge in [0.2, 0.25) is 0 Å². The molecule has 1 rings (SSSR count). The van der Waals surface area contributed by atoms with E-state index < -0.39 is 0 Å². The molecule has 0 aliphatic carbocycles. The molecule has 1 heteroatoms. The Morgan fingerprint density at radius 2 is 0.933 bits per heavy atom. The van der Waals surface area contributed by atoms with E-state index in [9.17, 15) is 0 Å². The first kappa shape index (κ1) is 27.1. The van der Waals surface area contributed by atoms with Gasteiger partial charge in [-0.2, -0.15) is 0 Å². The van der Waals surface area contributed by atoms with Crippen LogP contribution < -0.4 is 4.74 Å². The van der Waals surface area contributed by atoms with Crippen LogP contribution in [0, 0.1) is 6.92 Å². The predicted molar refractivity (Wildman–Crippen MR) is 135 cm³/mol. The lowest BCUT2D eigenvalue weighted by atomic mass is 10.0. The predicted octanol–water partition coefficient (Wildman–Crippen LogP) is 10.2. The molecule has 0 aliphatic rings. The van der Waals surface area contributed by atoms with Crippen LogP contribution in [0.4, 0.5) is 0 Å². The van der Waals surface area contributed by atoms with Gasteiger partial charge in [-0.15, -0.1) is 0 Å². The zero-order chi connectivity index (χ0) is 21.5. The van der Waals surface area contributed by atoms with Crippen LogP contribution in [0.1, 0.15) is 141 Å². The first-order valence-electron chi connectivity index (χ1n) is 13.5. The highest BCUT2D eigenvalue weighted by atomic mass is 16.5. The van der Waals surface area contributed by atoms with Crippen molar-refractivity contribution >= 4 is 0 Å². The van der Waals surface area contributed by atoms with Gasteiger partial charge >= 0.3 is 0 Å². The second-order valence-corrected chi connectivity index (χ2v) is 9.38. The van der Waals surface area contributed by atoms with Gasteiger partial charge in [-0.1, -0.05) is 141 Å². The molecule has 0 N–H and O–H groups in total. The molecule has 30 heavy (non-hydrogen) atoms. The van der Waals surface area contributed by atoms with E-state index in [-0.39, 0.29) is 0 Å². The highest BCUT2D eigenvalue weighted by molar-refractivity contribution is 5.27. The average molecular weight is 417 g/mol. The maximum Gasteiger partial charge on any atom is 0.119 e. The third-order valence-electron chi connectivity index (χ3n) is 6.26. The van der Waals surface area contributed by atoms with Crippen LogP contribution in [0.5, 0.6) is 5.75 Å². The molecule has 1 aromatic rings. The molecule has 1 aromatic carbocycles. The molecule has 0 atom stereocenters. The molecule has 0 saturated heterocycles. The molecule has 0 amide bonds. The number of benzene rings is 1. The van der Waals surface area contributed by atoms with E-state index in [2.05, 4.69) is 38.1 Å². The van der Waals surface area contributed by atoms with Crippen LogP contribution in [0.15, 0.2) is 24.3 Å². The smallest absolute Gasteiger partial charge is 0.119 e. The third-order valence-corrected chi connectivity index (χ3v) is 6.26. The van der Waals surface area contributed by atoms with Gasteiger partial charge < -0.3 is 4.74 Å². The third kappa shape index (κ3) is 17.8. The van der Waals surface area contributed by atoms with Crippen molar-refractivity contribution in [1.82, 2.24) is 0 Å². The summed E-state index contributed by atoms with van der Waals surface area (Å²) in [5.74, 6) is 1.02. The van der Waals surface area contributed by atoms with Crippen LogP contribution in [0.25, 0.3) is 0 Å². The van der Waals surface area contributed by atoms with Crippen molar-refractivity contribution in [3.05, 3.63) is 29.8 Å². The minimum absolute atomic E-state index is 0.864.